The van der Waals surface area contributed by atoms with E-state index in [1.165, 1.54) is 28.7 Å². The molecule has 4 heteroatoms. The number of nitrogens with two attached hydrogens (primary N) is 1. The number of benzene rings is 1. The molecular weight excluding hydrogens is 290 g/mol. The molecular formula is C18H23N3S. The van der Waals surface area contributed by atoms with Gasteiger partial charge in [0.25, 0.3) is 0 Å². The summed E-state index contributed by atoms with van der Waals surface area (Å²) in [4.78, 5) is 8.70. The quantitative estimate of drug-likeness (QED) is 0.863. The molecule has 2 aliphatic rings. The molecule has 22 heavy (non-hydrogen) atoms. The van der Waals surface area contributed by atoms with Crippen molar-refractivity contribution in [3.05, 3.63) is 29.8 Å². The van der Waals surface area contributed by atoms with Crippen LogP contribution in [0.25, 0.3) is 10.9 Å². The van der Waals surface area contributed by atoms with Gasteiger partial charge in [-0.25, -0.2) is 4.98 Å². The van der Waals surface area contributed by atoms with Gasteiger partial charge in [-0.2, -0.15) is 0 Å². The molecule has 0 radical (unpaired) electrons. The molecule has 1 saturated carbocycles. The van der Waals surface area contributed by atoms with Gasteiger partial charge in [0.15, 0.2) is 0 Å². The van der Waals surface area contributed by atoms with Crippen LogP contribution < -0.4 is 10.6 Å². The van der Waals surface area contributed by atoms with Crippen molar-refractivity contribution in [1.29, 1.82) is 0 Å². The fourth-order valence-electron chi connectivity index (χ4n) is 4.11. The van der Waals surface area contributed by atoms with E-state index in [2.05, 4.69) is 42.3 Å². The smallest absolute Gasteiger partial charge is 0.129 e. The Morgan fingerprint density at radius 3 is 2.59 bits per heavy atom. The van der Waals surface area contributed by atoms with Crippen LogP contribution in [-0.4, -0.2) is 30.4 Å². The molecule has 4 rings (SSSR count). The van der Waals surface area contributed by atoms with E-state index >= 15 is 0 Å². The first-order valence-electron chi connectivity index (χ1n) is 8.11. The average Bonchev–Trinajstić information content (AvgIpc) is 2.75. The van der Waals surface area contributed by atoms with Crippen LogP contribution in [0.5, 0.6) is 0 Å². The number of nitrogens with zero attached hydrogens (tertiary/aromatic N) is 2. The van der Waals surface area contributed by atoms with Crippen molar-refractivity contribution >= 4 is 28.5 Å². The van der Waals surface area contributed by atoms with E-state index in [1.54, 1.807) is 11.8 Å². The zero-order valence-electron chi connectivity index (χ0n) is 13.2. The van der Waals surface area contributed by atoms with E-state index < -0.39 is 0 Å². The Hall–Kier alpha value is -1.26. The Labute approximate surface area is 136 Å². The molecule has 0 spiro atoms. The lowest BCUT2D eigenvalue weighted by Crippen LogP contribution is -2.49. The van der Waals surface area contributed by atoms with Crippen molar-refractivity contribution in [2.24, 2.45) is 17.6 Å². The summed E-state index contributed by atoms with van der Waals surface area (Å²) in [7, 11) is 0. The Kier molecular flexibility index (Phi) is 3.54. The van der Waals surface area contributed by atoms with Gasteiger partial charge in [0.1, 0.15) is 5.82 Å². The molecule has 1 aromatic heterocycles. The van der Waals surface area contributed by atoms with E-state index in [-0.39, 0.29) is 0 Å². The van der Waals surface area contributed by atoms with Crippen molar-refractivity contribution < 1.29 is 0 Å². The van der Waals surface area contributed by atoms with E-state index in [9.17, 15) is 0 Å². The number of aryl methyl sites for hydroxylation is 1. The highest BCUT2D eigenvalue weighted by molar-refractivity contribution is 7.98. The van der Waals surface area contributed by atoms with Crippen LogP contribution in [0.3, 0.4) is 0 Å². The van der Waals surface area contributed by atoms with Gasteiger partial charge in [0.2, 0.25) is 0 Å². The summed E-state index contributed by atoms with van der Waals surface area (Å²) < 4.78 is 0. The summed E-state index contributed by atoms with van der Waals surface area (Å²) in [5, 5.41) is 1.26. The highest BCUT2D eigenvalue weighted by Gasteiger charge is 2.40. The topological polar surface area (TPSA) is 42.1 Å². The Morgan fingerprint density at radius 2 is 1.91 bits per heavy atom. The van der Waals surface area contributed by atoms with E-state index in [0.29, 0.717) is 17.9 Å². The highest BCUT2D eigenvalue weighted by Crippen LogP contribution is 2.37. The number of piperidine rings is 1. The van der Waals surface area contributed by atoms with Crippen LogP contribution in [0.1, 0.15) is 18.4 Å². The predicted octanol–water partition coefficient (Wildman–Crippen LogP) is 3.44. The van der Waals surface area contributed by atoms with Crippen LogP contribution in [0.2, 0.25) is 0 Å². The number of hydrogen-bond donors (Lipinski definition) is 1. The molecule has 1 aliphatic carbocycles. The fraction of sp³-hybridized carbons (Fsp3) is 0.500. The second kappa shape index (κ2) is 5.43. The summed E-state index contributed by atoms with van der Waals surface area (Å²) in [5.41, 5.74) is 8.76. The van der Waals surface area contributed by atoms with Crippen molar-refractivity contribution in [2.45, 2.75) is 30.7 Å². The molecule has 1 aliphatic heterocycles. The molecule has 3 atom stereocenters. The van der Waals surface area contributed by atoms with Crippen molar-refractivity contribution in [2.75, 3.05) is 24.2 Å². The summed E-state index contributed by atoms with van der Waals surface area (Å²) in [6, 6.07) is 9.24. The lowest BCUT2D eigenvalue weighted by Gasteiger charge is -2.37. The fourth-order valence-corrected chi connectivity index (χ4v) is 4.54. The molecule has 2 bridgehead atoms. The lowest BCUT2D eigenvalue weighted by molar-refractivity contribution is 0.355. The lowest BCUT2D eigenvalue weighted by atomic mass is 9.93. The summed E-state index contributed by atoms with van der Waals surface area (Å²) in [6.45, 7) is 4.33. The number of hydrogen-bond acceptors (Lipinski definition) is 4. The second-order valence-corrected chi connectivity index (χ2v) is 7.64. The molecule has 1 unspecified atom stereocenters. The van der Waals surface area contributed by atoms with E-state index in [1.807, 2.05) is 0 Å². The first-order valence-corrected chi connectivity index (χ1v) is 9.34. The van der Waals surface area contributed by atoms with Gasteiger partial charge in [-0.05, 0) is 61.6 Å². The minimum absolute atomic E-state index is 0.404. The maximum atomic E-state index is 6.33. The summed E-state index contributed by atoms with van der Waals surface area (Å²) in [5.74, 6) is 2.43. The third kappa shape index (κ3) is 2.29. The molecule has 0 amide bonds. The molecule has 2 fully saturated rings. The van der Waals surface area contributed by atoms with Gasteiger partial charge in [0, 0.05) is 29.4 Å². The van der Waals surface area contributed by atoms with Gasteiger partial charge in [0.05, 0.1) is 5.52 Å². The summed E-state index contributed by atoms with van der Waals surface area (Å²) in [6.07, 6.45) is 4.68. The first kappa shape index (κ1) is 14.3. The standard InChI is InChI=1S/C18H23N3S/c1-11-7-17(20-16-8-14(22-2)5-6-15(11)16)21-9-12-3-4-13(10-21)18(12)19/h5-8,12-13,18H,3-4,9-10,19H2,1-2H3/t12-,13+,18?. The van der Waals surface area contributed by atoms with Crippen LogP contribution in [-0.2, 0) is 0 Å². The number of pyridine rings is 1. The molecule has 2 heterocycles. The minimum Gasteiger partial charge on any atom is -0.356 e. The van der Waals surface area contributed by atoms with Crippen LogP contribution in [0.15, 0.2) is 29.2 Å². The van der Waals surface area contributed by atoms with E-state index in [0.717, 1.165) is 24.4 Å². The normalized spacial score (nSPS) is 27.6. The largest absolute Gasteiger partial charge is 0.356 e. The first-order chi connectivity index (χ1) is 10.7. The number of thioether (sulfide) groups is 1. The molecule has 1 saturated heterocycles. The van der Waals surface area contributed by atoms with Gasteiger partial charge in [-0.3, -0.25) is 0 Å². The number of anilines is 1. The third-order valence-corrected chi connectivity index (χ3v) is 6.17. The molecule has 1 aromatic carbocycles. The van der Waals surface area contributed by atoms with Crippen LogP contribution in [0.4, 0.5) is 5.82 Å². The van der Waals surface area contributed by atoms with Crippen molar-refractivity contribution in [1.82, 2.24) is 4.98 Å². The molecule has 2 aromatic rings. The zero-order chi connectivity index (χ0) is 15.3. The number of rotatable bonds is 2. The van der Waals surface area contributed by atoms with E-state index in [4.69, 9.17) is 10.7 Å². The van der Waals surface area contributed by atoms with Gasteiger partial charge in [-0.15, -0.1) is 11.8 Å². The average molecular weight is 313 g/mol. The van der Waals surface area contributed by atoms with Gasteiger partial charge in [-0.1, -0.05) is 6.07 Å². The highest BCUT2D eigenvalue weighted by atomic mass is 32.2. The summed E-state index contributed by atoms with van der Waals surface area (Å²) >= 11 is 1.77. The Bertz CT molecular complexity index is 701. The Balaban J connectivity index is 1.73. The van der Waals surface area contributed by atoms with Crippen molar-refractivity contribution in [3.8, 4) is 0 Å². The molecule has 3 nitrogen and oxygen atoms in total. The zero-order valence-corrected chi connectivity index (χ0v) is 14.1. The molecule has 116 valence electrons. The second-order valence-electron chi connectivity index (χ2n) is 6.76. The number of fused-ring (bicyclic) bond motifs is 3. The maximum absolute atomic E-state index is 6.33. The third-order valence-electron chi connectivity index (χ3n) is 5.44. The van der Waals surface area contributed by atoms with Crippen molar-refractivity contribution in [3.63, 3.8) is 0 Å². The number of aromatic nitrogens is 1. The monoisotopic (exact) mass is 313 g/mol. The maximum Gasteiger partial charge on any atom is 0.129 e. The van der Waals surface area contributed by atoms with Crippen LogP contribution in [0, 0.1) is 18.8 Å². The van der Waals surface area contributed by atoms with Gasteiger partial charge < -0.3 is 10.6 Å². The predicted molar refractivity (Wildman–Crippen MR) is 94.7 cm³/mol. The minimum atomic E-state index is 0.404. The Morgan fingerprint density at radius 1 is 1.18 bits per heavy atom. The van der Waals surface area contributed by atoms with Gasteiger partial charge >= 0.3 is 0 Å². The van der Waals surface area contributed by atoms with Crippen LogP contribution >= 0.6 is 11.8 Å². The SMILES string of the molecule is CSc1ccc2c(C)cc(N3C[C@H]4CC[C@@H](C3)C4N)nc2c1. The molecule has 2 N–H and O–H groups in total.